The van der Waals surface area contributed by atoms with Crippen LogP contribution in [0.3, 0.4) is 0 Å². The van der Waals surface area contributed by atoms with E-state index in [1.54, 1.807) is 0 Å². The van der Waals surface area contributed by atoms with E-state index >= 15 is 0 Å². The number of carbonyl (C=O) groups excluding carboxylic acids is 1. The van der Waals surface area contributed by atoms with E-state index in [4.69, 9.17) is 5.73 Å². The SMILES string of the molecule is Cc1cc(C)c(NC(=O)C(N)Cc2ccccc2)c(Br)c1. The molecule has 0 aliphatic heterocycles. The molecule has 21 heavy (non-hydrogen) atoms. The molecule has 2 aromatic rings. The molecule has 3 N–H and O–H groups in total. The largest absolute Gasteiger partial charge is 0.323 e. The summed E-state index contributed by atoms with van der Waals surface area (Å²) in [5.74, 6) is -0.175. The third-order valence-corrected chi connectivity index (χ3v) is 3.94. The number of nitrogens with one attached hydrogen (secondary N) is 1. The summed E-state index contributed by atoms with van der Waals surface area (Å²) in [5.41, 5.74) is 10.0. The molecule has 0 spiro atoms. The van der Waals surface area contributed by atoms with Crippen LogP contribution in [-0.4, -0.2) is 11.9 Å². The van der Waals surface area contributed by atoms with Crippen molar-refractivity contribution in [3.05, 3.63) is 63.6 Å². The van der Waals surface area contributed by atoms with E-state index in [0.717, 1.165) is 26.9 Å². The maximum atomic E-state index is 12.2. The number of aryl methyl sites for hydroxylation is 2. The zero-order chi connectivity index (χ0) is 15.4. The molecule has 0 heterocycles. The van der Waals surface area contributed by atoms with Gasteiger partial charge < -0.3 is 11.1 Å². The first-order chi connectivity index (χ1) is 9.97. The summed E-state index contributed by atoms with van der Waals surface area (Å²) < 4.78 is 0.875. The fourth-order valence-corrected chi connectivity index (χ4v) is 3.02. The number of nitrogens with two attached hydrogens (primary N) is 1. The Balaban J connectivity index is 2.08. The minimum atomic E-state index is -0.569. The van der Waals surface area contributed by atoms with E-state index in [0.29, 0.717) is 6.42 Å². The van der Waals surface area contributed by atoms with Crippen LogP contribution in [0.25, 0.3) is 0 Å². The highest BCUT2D eigenvalue weighted by molar-refractivity contribution is 9.10. The topological polar surface area (TPSA) is 55.1 Å². The molecule has 4 heteroatoms. The van der Waals surface area contributed by atoms with Crippen LogP contribution in [0.15, 0.2) is 46.9 Å². The Kier molecular flexibility index (Phi) is 5.15. The summed E-state index contributed by atoms with van der Waals surface area (Å²) in [6.45, 7) is 3.99. The summed E-state index contributed by atoms with van der Waals surface area (Å²) >= 11 is 3.49. The second-order valence-electron chi connectivity index (χ2n) is 5.22. The molecule has 0 aliphatic carbocycles. The molecule has 1 atom stereocenters. The molecule has 0 radical (unpaired) electrons. The van der Waals surface area contributed by atoms with Crippen molar-refractivity contribution in [2.75, 3.05) is 5.32 Å². The molecule has 0 bridgehead atoms. The first kappa shape index (κ1) is 15.7. The maximum Gasteiger partial charge on any atom is 0.241 e. The molecule has 2 aromatic carbocycles. The Morgan fingerprint density at radius 3 is 2.52 bits per heavy atom. The van der Waals surface area contributed by atoms with E-state index in [-0.39, 0.29) is 5.91 Å². The second-order valence-corrected chi connectivity index (χ2v) is 6.08. The first-order valence-corrected chi connectivity index (χ1v) is 7.64. The van der Waals surface area contributed by atoms with Gasteiger partial charge in [0.2, 0.25) is 5.91 Å². The summed E-state index contributed by atoms with van der Waals surface area (Å²) in [5, 5.41) is 2.91. The molecule has 0 aromatic heterocycles. The van der Waals surface area contributed by atoms with Crippen LogP contribution >= 0.6 is 15.9 Å². The van der Waals surface area contributed by atoms with Crippen LogP contribution in [-0.2, 0) is 11.2 Å². The molecular weight excluding hydrogens is 328 g/mol. The van der Waals surface area contributed by atoms with E-state index in [9.17, 15) is 4.79 Å². The Labute approximate surface area is 133 Å². The van der Waals surface area contributed by atoms with Gasteiger partial charge in [0.05, 0.1) is 11.7 Å². The summed E-state index contributed by atoms with van der Waals surface area (Å²) in [4.78, 5) is 12.2. The fraction of sp³-hybridized carbons (Fsp3) is 0.235. The van der Waals surface area contributed by atoms with Crippen LogP contribution < -0.4 is 11.1 Å². The first-order valence-electron chi connectivity index (χ1n) is 6.84. The van der Waals surface area contributed by atoms with E-state index in [1.165, 1.54) is 0 Å². The normalized spacial score (nSPS) is 12.0. The molecule has 1 unspecified atom stereocenters. The van der Waals surface area contributed by atoms with Gasteiger partial charge in [0.15, 0.2) is 0 Å². The fourth-order valence-electron chi connectivity index (χ4n) is 2.25. The lowest BCUT2D eigenvalue weighted by Crippen LogP contribution is -2.37. The molecule has 0 aliphatic rings. The number of hydrogen-bond acceptors (Lipinski definition) is 2. The average molecular weight is 347 g/mol. The van der Waals surface area contributed by atoms with Crippen LogP contribution in [0.5, 0.6) is 0 Å². The highest BCUT2D eigenvalue weighted by atomic mass is 79.9. The highest BCUT2D eigenvalue weighted by Crippen LogP contribution is 2.27. The predicted octanol–water partition coefficient (Wildman–Crippen LogP) is 3.57. The van der Waals surface area contributed by atoms with Crippen LogP contribution in [0.2, 0.25) is 0 Å². The summed E-state index contributed by atoms with van der Waals surface area (Å²) in [6, 6.07) is 13.2. The zero-order valence-electron chi connectivity index (χ0n) is 12.2. The van der Waals surface area contributed by atoms with Crippen molar-refractivity contribution in [3.63, 3.8) is 0 Å². The van der Waals surface area contributed by atoms with E-state index < -0.39 is 6.04 Å². The third-order valence-electron chi connectivity index (χ3n) is 3.32. The minimum absolute atomic E-state index is 0.175. The van der Waals surface area contributed by atoms with Crippen molar-refractivity contribution >= 4 is 27.5 Å². The summed E-state index contributed by atoms with van der Waals surface area (Å²) in [6.07, 6.45) is 0.523. The summed E-state index contributed by atoms with van der Waals surface area (Å²) in [7, 11) is 0. The molecule has 0 saturated heterocycles. The Bertz CT molecular complexity index is 617. The molecule has 0 saturated carbocycles. The molecule has 110 valence electrons. The van der Waals surface area contributed by atoms with Gasteiger partial charge in [-0.1, -0.05) is 36.4 Å². The van der Waals surface area contributed by atoms with Crippen molar-refractivity contribution in [1.82, 2.24) is 0 Å². The lowest BCUT2D eigenvalue weighted by atomic mass is 10.1. The quantitative estimate of drug-likeness (QED) is 0.888. The monoisotopic (exact) mass is 346 g/mol. The standard InChI is InChI=1S/C17H19BrN2O/c1-11-8-12(2)16(14(18)9-11)20-17(21)15(19)10-13-6-4-3-5-7-13/h3-9,15H,10,19H2,1-2H3,(H,20,21). The second kappa shape index (κ2) is 6.87. The molecule has 3 nitrogen and oxygen atoms in total. The van der Waals surface area contributed by atoms with E-state index in [1.807, 2.05) is 56.3 Å². The minimum Gasteiger partial charge on any atom is -0.323 e. The van der Waals surface area contributed by atoms with Crippen molar-refractivity contribution in [1.29, 1.82) is 0 Å². The lowest BCUT2D eigenvalue weighted by Gasteiger charge is -2.15. The van der Waals surface area contributed by atoms with Crippen molar-refractivity contribution in [2.45, 2.75) is 26.3 Å². The van der Waals surface area contributed by atoms with Gasteiger partial charge in [-0.15, -0.1) is 0 Å². The van der Waals surface area contributed by atoms with Gasteiger partial charge in [0.25, 0.3) is 0 Å². The van der Waals surface area contributed by atoms with Gasteiger partial charge >= 0.3 is 0 Å². The Morgan fingerprint density at radius 1 is 1.24 bits per heavy atom. The van der Waals surface area contributed by atoms with Gasteiger partial charge in [-0.05, 0) is 59.0 Å². The van der Waals surface area contributed by atoms with Crippen LogP contribution in [0, 0.1) is 13.8 Å². The maximum absolute atomic E-state index is 12.2. The number of rotatable bonds is 4. The zero-order valence-corrected chi connectivity index (χ0v) is 13.8. The van der Waals surface area contributed by atoms with Crippen molar-refractivity contribution in [3.8, 4) is 0 Å². The number of hydrogen-bond donors (Lipinski definition) is 2. The number of benzene rings is 2. The number of anilines is 1. The number of carbonyl (C=O) groups is 1. The number of amides is 1. The predicted molar refractivity (Wildman–Crippen MR) is 90.4 cm³/mol. The van der Waals surface area contributed by atoms with Gasteiger partial charge in [0, 0.05) is 4.47 Å². The Hall–Kier alpha value is -1.65. The lowest BCUT2D eigenvalue weighted by molar-refractivity contribution is -0.117. The Morgan fingerprint density at radius 2 is 1.90 bits per heavy atom. The number of halogens is 1. The van der Waals surface area contributed by atoms with E-state index in [2.05, 4.69) is 21.2 Å². The van der Waals surface area contributed by atoms with Crippen molar-refractivity contribution in [2.24, 2.45) is 5.73 Å². The smallest absolute Gasteiger partial charge is 0.241 e. The molecule has 1 amide bonds. The average Bonchev–Trinajstić information content (AvgIpc) is 2.43. The van der Waals surface area contributed by atoms with Crippen LogP contribution in [0.1, 0.15) is 16.7 Å². The van der Waals surface area contributed by atoms with Gasteiger partial charge in [-0.25, -0.2) is 0 Å². The molecule has 2 rings (SSSR count). The van der Waals surface area contributed by atoms with Gasteiger partial charge in [0.1, 0.15) is 0 Å². The van der Waals surface area contributed by atoms with Crippen molar-refractivity contribution < 1.29 is 4.79 Å². The van der Waals surface area contributed by atoms with Gasteiger partial charge in [-0.3, -0.25) is 4.79 Å². The highest BCUT2D eigenvalue weighted by Gasteiger charge is 2.16. The van der Waals surface area contributed by atoms with Gasteiger partial charge in [-0.2, -0.15) is 0 Å². The van der Waals surface area contributed by atoms with Crippen LogP contribution in [0.4, 0.5) is 5.69 Å². The molecular formula is C17H19BrN2O. The molecule has 0 fully saturated rings. The third kappa shape index (κ3) is 4.16.